The fourth-order valence-corrected chi connectivity index (χ4v) is 5.25. The van der Waals surface area contributed by atoms with Crippen molar-refractivity contribution in [2.75, 3.05) is 43.4 Å². The summed E-state index contributed by atoms with van der Waals surface area (Å²) in [4.78, 5) is 26.5. The molecule has 0 radical (unpaired) electrons. The average molecular weight is 476 g/mol. The van der Waals surface area contributed by atoms with E-state index in [0.717, 1.165) is 5.69 Å². The number of para-hydroxylation sites is 2. The molecule has 1 aromatic heterocycles. The van der Waals surface area contributed by atoms with Gasteiger partial charge in [0.25, 0.3) is 5.91 Å². The minimum absolute atomic E-state index is 0.113. The first kappa shape index (κ1) is 22.3. The SMILES string of the molecule is O=C(NCCS(=O)(=O)N1CCN(c2ccccc2Cl)CC1)c1cc2ccccc2oc1=O. The van der Waals surface area contributed by atoms with Crippen molar-refractivity contribution in [2.24, 2.45) is 0 Å². The zero-order valence-electron chi connectivity index (χ0n) is 17.2. The second-order valence-electron chi connectivity index (χ2n) is 7.39. The lowest BCUT2D eigenvalue weighted by molar-refractivity contribution is 0.0952. The molecule has 0 aliphatic carbocycles. The van der Waals surface area contributed by atoms with E-state index in [2.05, 4.69) is 10.2 Å². The second kappa shape index (κ2) is 9.32. The molecular weight excluding hydrogens is 454 g/mol. The third kappa shape index (κ3) is 4.79. The van der Waals surface area contributed by atoms with Gasteiger partial charge >= 0.3 is 5.63 Å². The number of carbonyl (C=O) groups is 1. The van der Waals surface area contributed by atoms with Crippen molar-refractivity contribution < 1.29 is 17.6 Å². The van der Waals surface area contributed by atoms with Crippen LogP contribution < -0.4 is 15.8 Å². The van der Waals surface area contributed by atoms with Gasteiger partial charge in [-0.1, -0.05) is 41.9 Å². The van der Waals surface area contributed by atoms with Crippen LogP contribution in [0.15, 0.2) is 63.8 Å². The van der Waals surface area contributed by atoms with E-state index in [9.17, 15) is 18.0 Å². The molecule has 1 fully saturated rings. The number of hydrogen-bond donors (Lipinski definition) is 1. The highest BCUT2D eigenvalue weighted by Crippen LogP contribution is 2.26. The molecule has 2 aromatic carbocycles. The number of rotatable bonds is 6. The molecule has 1 saturated heterocycles. The van der Waals surface area contributed by atoms with Gasteiger partial charge in [0, 0.05) is 38.1 Å². The van der Waals surface area contributed by atoms with Gasteiger partial charge in [-0.25, -0.2) is 13.2 Å². The summed E-state index contributed by atoms with van der Waals surface area (Å²) in [7, 11) is -3.56. The van der Waals surface area contributed by atoms with Crippen LogP contribution in [0.2, 0.25) is 5.02 Å². The van der Waals surface area contributed by atoms with E-state index in [-0.39, 0.29) is 17.9 Å². The zero-order chi connectivity index (χ0) is 22.7. The Morgan fingerprint density at radius 1 is 1.03 bits per heavy atom. The monoisotopic (exact) mass is 475 g/mol. The Bertz CT molecular complexity index is 1300. The first-order valence-corrected chi connectivity index (χ1v) is 12.1. The highest BCUT2D eigenvalue weighted by molar-refractivity contribution is 7.89. The molecule has 1 N–H and O–H groups in total. The van der Waals surface area contributed by atoms with Crippen LogP contribution in [0.1, 0.15) is 10.4 Å². The number of amides is 1. The molecular formula is C22H22ClN3O5S. The summed E-state index contributed by atoms with van der Waals surface area (Å²) >= 11 is 6.23. The minimum atomic E-state index is -3.56. The third-order valence-corrected chi connectivity index (χ3v) is 7.55. The Kier molecular flexibility index (Phi) is 6.50. The number of anilines is 1. The van der Waals surface area contributed by atoms with Crippen LogP contribution in [0.25, 0.3) is 11.0 Å². The van der Waals surface area contributed by atoms with Crippen LogP contribution >= 0.6 is 11.6 Å². The zero-order valence-corrected chi connectivity index (χ0v) is 18.7. The summed E-state index contributed by atoms with van der Waals surface area (Å²) in [6.07, 6.45) is 0. The Balaban J connectivity index is 1.33. The topological polar surface area (TPSA) is 99.9 Å². The van der Waals surface area contributed by atoms with Crippen LogP contribution in [0.3, 0.4) is 0 Å². The van der Waals surface area contributed by atoms with Crippen LogP contribution in [0.5, 0.6) is 0 Å². The number of hydrogen-bond acceptors (Lipinski definition) is 6. The summed E-state index contributed by atoms with van der Waals surface area (Å²) in [5.41, 5.74) is 0.342. The first-order valence-electron chi connectivity index (χ1n) is 10.1. The average Bonchev–Trinajstić information content (AvgIpc) is 2.79. The van der Waals surface area contributed by atoms with Crippen molar-refractivity contribution in [2.45, 2.75) is 0 Å². The van der Waals surface area contributed by atoms with E-state index in [4.69, 9.17) is 16.0 Å². The number of nitrogens with zero attached hydrogens (tertiary/aromatic N) is 2. The molecule has 3 aromatic rings. The van der Waals surface area contributed by atoms with Crippen molar-refractivity contribution in [1.82, 2.24) is 9.62 Å². The van der Waals surface area contributed by atoms with Crippen LogP contribution in [-0.2, 0) is 10.0 Å². The molecule has 4 rings (SSSR count). The van der Waals surface area contributed by atoms with Crippen molar-refractivity contribution in [3.05, 3.63) is 75.6 Å². The van der Waals surface area contributed by atoms with Gasteiger partial charge in [0.2, 0.25) is 10.0 Å². The van der Waals surface area contributed by atoms with Gasteiger partial charge in [0.05, 0.1) is 16.5 Å². The Hall–Kier alpha value is -2.88. The molecule has 1 aliphatic rings. The summed E-state index contributed by atoms with van der Waals surface area (Å²) < 4.78 is 32.0. The molecule has 0 saturated carbocycles. The maximum absolute atomic E-state index is 12.7. The van der Waals surface area contributed by atoms with E-state index in [1.54, 1.807) is 30.3 Å². The molecule has 0 spiro atoms. The minimum Gasteiger partial charge on any atom is -0.422 e. The Morgan fingerprint density at radius 2 is 1.72 bits per heavy atom. The number of nitrogens with one attached hydrogen (secondary N) is 1. The Morgan fingerprint density at radius 3 is 2.47 bits per heavy atom. The van der Waals surface area contributed by atoms with E-state index >= 15 is 0 Å². The molecule has 1 amide bonds. The number of sulfonamides is 1. The molecule has 32 heavy (non-hydrogen) atoms. The van der Waals surface area contributed by atoms with Crippen LogP contribution in [-0.4, -0.2) is 57.1 Å². The highest BCUT2D eigenvalue weighted by atomic mass is 35.5. The summed E-state index contributed by atoms with van der Waals surface area (Å²) in [6.45, 7) is 1.59. The van der Waals surface area contributed by atoms with Crippen molar-refractivity contribution >= 4 is 44.2 Å². The molecule has 0 unspecified atom stereocenters. The highest BCUT2D eigenvalue weighted by Gasteiger charge is 2.27. The van der Waals surface area contributed by atoms with Crippen LogP contribution in [0, 0.1) is 0 Å². The fraction of sp³-hybridized carbons (Fsp3) is 0.273. The maximum atomic E-state index is 12.7. The van der Waals surface area contributed by atoms with Gasteiger partial charge in [-0.2, -0.15) is 4.31 Å². The third-order valence-electron chi connectivity index (χ3n) is 5.36. The molecule has 2 heterocycles. The molecule has 8 nitrogen and oxygen atoms in total. The van der Waals surface area contributed by atoms with Gasteiger partial charge < -0.3 is 14.6 Å². The Labute approximate surface area is 190 Å². The summed E-state index contributed by atoms with van der Waals surface area (Å²) in [6, 6.07) is 15.7. The van der Waals surface area contributed by atoms with E-state index in [1.165, 1.54) is 10.4 Å². The quantitative estimate of drug-likeness (QED) is 0.549. The molecule has 0 bridgehead atoms. The first-order chi connectivity index (χ1) is 15.3. The smallest absolute Gasteiger partial charge is 0.349 e. The lowest BCUT2D eigenvalue weighted by atomic mass is 10.2. The van der Waals surface area contributed by atoms with Gasteiger partial charge in [-0.3, -0.25) is 4.79 Å². The number of piperazine rings is 1. The van der Waals surface area contributed by atoms with Crippen LogP contribution in [0.4, 0.5) is 5.69 Å². The lowest BCUT2D eigenvalue weighted by Crippen LogP contribution is -2.50. The molecule has 1 aliphatic heterocycles. The normalized spacial score (nSPS) is 15.1. The largest absolute Gasteiger partial charge is 0.422 e. The molecule has 168 valence electrons. The number of fused-ring (bicyclic) bond motifs is 1. The van der Waals surface area contributed by atoms with E-state index < -0.39 is 21.6 Å². The van der Waals surface area contributed by atoms with Crippen molar-refractivity contribution in [3.8, 4) is 0 Å². The number of carbonyl (C=O) groups excluding carboxylic acids is 1. The second-order valence-corrected chi connectivity index (χ2v) is 9.89. The van der Waals surface area contributed by atoms with Gasteiger partial charge in [0.15, 0.2) is 0 Å². The number of benzene rings is 2. The molecule has 10 heteroatoms. The maximum Gasteiger partial charge on any atom is 0.349 e. The fourth-order valence-electron chi connectivity index (χ4n) is 3.65. The standard InChI is InChI=1S/C22H22ClN3O5S/c23-18-6-2-3-7-19(18)25-10-12-26(13-11-25)32(29,30)14-9-24-21(27)17-15-16-5-1-4-8-20(16)31-22(17)28/h1-8,15H,9-14H2,(H,24,27). The molecule has 0 atom stereocenters. The van der Waals surface area contributed by atoms with Gasteiger partial charge in [-0.05, 0) is 24.3 Å². The predicted molar refractivity (Wildman–Crippen MR) is 124 cm³/mol. The van der Waals surface area contributed by atoms with E-state index in [0.29, 0.717) is 42.2 Å². The lowest BCUT2D eigenvalue weighted by Gasteiger charge is -2.35. The van der Waals surface area contributed by atoms with Gasteiger partial charge in [0.1, 0.15) is 11.1 Å². The summed E-state index contributed by atoms with van der Waals surface area (Å²) in [5.74, 6) is -0.924. The van der Waals surface area contributed by atoms with Crippen molar-refractivity contribution in [1.29, 1.82) is 0 Å². The summed E-state index contributed by atoms with van der Waals surface area (Å²) in [5, 5.41) is 3.75. The van der Waals surface area contributed by atoms with Gasteiger partial charge in [-0.15, -0.1) is 0 Å². The van der Waals surface area contributed by atoms with E-state index in [1.807, 2.05) is 18.2 Å². The van der Waals surface area contributed by atoms with Crippen molar-refractivity contribution in [3.63, 3.8) is 0 Å². The predicted octanol–water partition coefficient (Wildman–Crippen LogP) is 2.33. The number of halogens is 1.